The summed E-state index contributed by atoms with van der Waals surface area (Å²) in [6.07, 6.45) is 6.92. The Bertz CT molecular complexity index is 332. The van der Waals surface area contributed by atoms with Gasteiger partial charge in [0.25, 0.3) is 0 Å². The first-order valence-corrected chi connectivity index (χ1v) is 5.50. The van der Waals surface area contributed by atoms with Gasteiger partial charge in [-0.2, -0.15) is 0 Å². The fourth-order valence-electron chi connectivity index (χ4n) is 2.04. The Kier molecular flexibility index (Phi) is 3.94. The molecule has 0 aliphatic carbocycles. The van der Waals surface area contributed by atoms with E-state index >= 15 is 0 Å². The Hall–Kier alpha value is -1.50. The average Bonchev–Trinajstić information content (AvgIpc) is 2.71. The molecule has 1 heterocycles. The molecular formula is C12H17NO3. The SMILES string of the molecule is C#CCCC(=O)N1CCC(CC)(C(=O)O)C1. The van der Waals surface area contributed by atoms with E-state index in [2.05, 4.69) is 5.92 Å². The summed E-state index contributed by atoms with van der Waals surface area (Å²) in [6.45, 7) is 2.70. The second-order valence-electron chi connectivity index (χ2n) is 4.21. The summed E-state index contributed by atoms with van der Waals surface area (Å²) in [7, 11) is 0. The van der Waals surface area contributed by atoms with Crippen molar-refractivity contribution in [2.45, 2.75) is 32.6 Å². The number of carboxylic acid groups (broad SMARTS) is 1. The Morgan fingerprint density at radius 2 is 2.25 bits per heavy atom. The molecule has 0 spiro atoms. The lowest BCUT2D eigenvalue weighted by molar-refractivity contribution is -0.148. The number of terminal acetylenes is 1. The molecule has 0 radical (unpaired) electrons. The molecule has 1 atom stereocenters. The van der Waals surface area contributed by atoms with Gasteiger partial charge < -0.3 is 10.0 Å². The summed E-state index contributed by atoms with van der Waals surface area (Å²) in [5.74, 6) is 1.58. The summed E-state index contributed by atoms with van der Waals surface area (Å²) in [6, 6.07) is 0. The van der Waals surface area contributed by atoms with Crippen LogP contribution in [0.4, 0.5) is 0 Å². The number of carboxylic acids is 1. The number of aliphatic carboxylic acids is 1. The second kappa shape index (κ2) is 5.02. The van der Waals surface area contributed by atoms with Gasteiger partial charge in [-0.15, -0.1) is 12.3 Å². The van der Waals surface area contributed by atoms with Gasteiger partial charge in [-0.05, 0) is 12.8 Å². The van der Waals surface area contributed by atoms with Crippen molar-refractivity contribution in [1.29, 1.82) is 0 Å². The van der Waals surface area contributed by atoms with Gasteiger partial charge in [0, 0.05) is 25.9 Å². The highest BCUT2D eigenvalue weighted by molar-refractivity contribution is 5.80. The molecule has 0 aromatic rings. The number of hydrogen-bond acceptors (Lipinski definition) is 2. The lowest BCUT2D eigenvalue weighted by Crippen LogP contribution is -2.36. The van der Waals surface area contributed by atoms with Crippen LogP contribution in [0.15, 0.2) is 0 Å². The zero-order valence-electron chi connectivity index (χ0n) is 9.53. The zero-order valence-corrected chi connectivity index (χ0v) is 9.53. The molecule has 1 fully saturated rings. The maximum atomic E-state index is 11.7. The zero-order chi connectivity index (χ0) is 12.2. The molecule has 0 aromatic heterocycles. The van der Waals surface area contributed by atoms with Crippen molar-refractivity contribution in [3.8, 4) is 12.3 Å². The number of nitrogens with zero attached hydrogens (tertiary/aromatic N) is 1. The van der Waals surface area contributed by atoms with Crippen molar-refractivity contribution in [3.05, 3.63) is 0 Å². The summed E-state index contributed by atoms with van der Waals surface area (Å²) < 4.78 is 0. The normalized spacial score (nSPS) is 24.1. The first-order chi connectivity index (χ1) is 7.55. The highest BCUT2D eigenvalue weighted by Crippen LogP contribution is 2.34. The van der Waals surface area contributed by atoms with Crippen LogP contribution in [0.25, 0.3) is 0 Å². The second-order valence-corrected chi connectivity index (χ2v) is 4.21. The highest BCUT2D eigenvalue weighted by Gasteiger charge is 2.44. The molecule has 1 aliphatic rings. The van der Waals surface area contributed by atoms with E-state index in [0.29, 0.717) is 38.8 Å². The minimum atomic E-state index is -0.803. The first kappa shape index (κ1) is 12.6. The van der Waals surface area contributed by atoms with Crippen LogP contribution in [0.1, 0.15) is 32.6 Å². The van der Waals surface area contributed by atoms with Crippen LogP contribution >= 0.6 is 0 Å². The maximum Gasteiger partial charge on any atom is 0.311 e. The van der Waals surface area contributed by atoms with Crippen molar-refractivity contribution in [1.82, 2.24) is 4.90 Å². The van der Waals surface area contributed by atoms with Gasteiger partial charge in [-0.25, -0.2) is 0 Å². The predicted octanol–water partition coefficient (Wildman–Crippen LogP) is 1.11. The summed E-state index contributed by atoms with van der Waals surface area (Å²) in [5.41, 5.74) is -0.744. The van der Waals surface area contributed by atoms with Gasteiger partial charge in [0.15, 0.2) is 0 Å². The smallest absolute Gasteiger partial charge is 0.311 e. The predicted molar refractivity (Wildman–Crippen MR) is 59.6 cm³/mol. The van der Waals surface area contributed by atoms with Gasteiger partial charge in [-0.1, -0.05) is 6.92 Å². The molecule has 88 valence electrons. The minimum Gasteiger partial charge on any atom is -0.481 e. The van der Waals surface area contributed by atoms with Crippen LogP contribution in [0, 0.1) is 17.8 Å². The number of amides is 1. The largest absolute Gasteiger partial charge is 0.481 e. The summed E-state index contributed by atoms with van der Waals surface area (Å²) in [4.78, 5) is 24.5. The van der Waals surface area contributed by atoms with Crippen molar-refractivity contribution in [2.75, 3.05) is 13.1 Å². The fraction of sp³-hybridized carbons (Fsp3) is 0.667. The molecule has 1 rings (SSSR count). The van der Waals surface area contributed by atoms with Gasteiger partial charge >= 0.3 is 5.97 Å². The number of hydrogen-bond donors (Lipinski definition) is 1. The fourth-order valence-corrected chi connectivity index (χ4v) is 2.04. The van der Waals surface area contributed by atoms with E-state index < -0.39 is 11.4 Å². The van der Waals surface area contributed by atoms with Crippen LogP contribution < -0.4 is 0 Å². The molecule has 16 heavy (non-hydrogen) atoms. The Morgan fingerprint density at radius 1 is 1.56 bits per heavy atom. The van der Waals surface area contributed by atoms with Crippen LogP contribution in [0.5, 0.6) is 0 Å². The minimum absolute atomic E-state index is 0.0328. The van der Waals surface area contributed by atoms with Crippen LogP contribution in [-0.4, -0.2) is 35.0 Å². The quantitative estimate of drug-likeness (QED) is 0.726. The molecule has 1 aliphatic heterocycles. The first-order valence-electron chi connectivity index (χ1n) is 5.50. The van der Waals surface area contributed by atoms with Crippen LogP contribution in [0.2, 0.25) is 0 Å². The number of carbonyl (C=O) groups excluding carboxylic acids is 1. The van der Waals surface area contributed by atoms with E-state index in [9.17, 15) is 9.59 Å². The molecule has 0 bridgehead atoms. The third kappa shape index (κ3) is 2.35. The average molecular weight is 223 g/mol. The maximum absolute atomic E-state index is 11.7. The molecule has 4 nitrogen and oxygen atoms in total. The van der Waals surface area contributed by atoms with E-state index in [1.807, 2.05) is 6.92 Å². The van der Waals surface area contributed by atoms with Crippen molar-refractivity contribution >= 4 is 11.9 Å². The number of carbonyl (C=O) groups is 2. The topological polar surface area (TPSA) is 57.6 Å². The Morgan fingerprint density at radius 3 is 2.69 bits per heavy atom. The van der Waals surface area contributed by atoms with Crippen LogP contribution in [-0.2, 0) is 9.59 Å². The van der Waals surface area contributed by atoms with E-state index in [0.717, 1.165) is 0 Å². The third-order valence-corrected chi connectivity index (χ3v) is 3.32. The third-order valence-electron chi connectivity index (χ3n) is 3.32. The lowest BCUT2D eigenvalue weighted by Gasteiger charge is -2.22. The molecular weight excluding hydrogens is 206 g/mol. The summed E-state index contributed by atoms with van der Waals surface area (Å²) >= 11 is 0. The van der Waals surface area contributed by atoms with Crippen molar-refractivity contribution in [3.63, 3.8) is 0 Å². The Labute approximate surface area is 95.6 Å². The number of rotatable bonds is 4. The standard InChI is InChI=1S/C12H17NO3/c1-3-5-6-10(14)13-8-7-12(4-2,9-13)11(15)16/h1H,4-9H2,2H3,(H,15,16). The Balaban J connectivity index is 2.61. The molecule has 4 heteroatoms. The molecule has 1 N–H and O–H groups in total. The van der Waals surface area contributed by atoms with Gasteiger partial charge in [0.1, 0.15) is 0 Å². The van der Waals surface area contributed by atoms with Crippen molar-refractivity contribution < 1.29 is 14.7 Å². The summed E-state index contributed by atoms with van der Waals surface area (Å²) in [5, 5.41) is 9.17. The molecule has 1 saturated heterocycles. The molecule has 1 amide bonds. The van der Waals surface area contributed by atoms with E-state index in [-0.39, 0.29) is 5.91 Å². The van der Waals surface area contributed by atoms with Gasteiger partial charge in [-0.3, -0.25) is 9.59 Å². The monoisotopic (exact) mass is 223 g/mol. The van der Waals surface area contributed by atoms with Crippen molar-refractivity contribution in [2.24, 2.45) is 5.41 Å². The van der Waals surface area contributed by atoms with E-state index in [1.165, 1.54) is 0 Å². The molecule has 0 aromatic carbocycles. The van der Waals surface area contributed by atoms with Gasteiger partial charge in [0.2, 0.25) is 5.91 Å². The van der Waals surface area contributed by atoms with Gasteiger partial charge in [0.05, 0.1) is 5.41 Å². The molecule has 1 unspecified atom stereocenters. The number of likely N-dealkylation sites (tertiary alicyclic amines) is 1. The lowest BCUT2D eigenvalue weighted by atomic mass is 9.84. The van der Waals surface area contributed by atoms with E-state index in [4.69, 9.17) is 11.5 Å². The van der Waals surface area contributed by atoms with E-state index in [1.54, 1.807) is 4.90 Å². The van der Waals surface area contributed by atoms with Crippen LogP contribution in [0.3, 0.4) is 0 Å². The molecule has 0 saturated carbocycles. The highest BCUT2D eigenvalue weighted by atomic mass is 16.4.